The number of hydrogen-bond acceptors (Lipinski definition) is 3. The highest BCUT2D eigenvalue weighted by Gasteiger charge is 2.16. The van der Waals surface area contributed by atoms with Crippen LogP contribution in [0.3, 0.4) is 0 Å². The van der Waals surface area contributed by atoms with Gasteiger partial charge in [-0.3, -0.25) is 0 Å². The maximum Gasteiger partial charge on any atom is 0.241 e. The maximum absolute atomic E-state index is 11.5. The highest BCUT2D eigenvalue weighted by Crippen LogP contribution is 2.28. The summed E-state index contributed by atoms with van der Waals surface area (Å²) in [4.78, 5) is -0.171. The molecule has 4 nitrogen and oxygen atoms in total. The molecule has 0 fully saturated rings. The minimum absolute atomic E-state index is 0.112. The van der Waals surface area contributed by atoms with Gasteiger partial charge in [0, 0.05) is 5.02 Å². The van der Waals surface area contributed by atoms with Gasteiger partial charge in [-0.2, -0.15) is 0 Å². The Kier molecular flexibility index (Phi) is 5.01. The molecule has 0 unspecified atom stereocenters. The smallest absolute Gasteiger partial charge is 0.241 e. The molecule has 0 spiro atoms. The van der Waals surface area contributed by atoms with Crippen molar-refractivity contribution in [2.24, 2.45) is 5.14 Å². The van der Waals surface area contributed by atoms with Crippen LogP contribution < -0.4 is 9.88 Å². The summed E-state index contributed by atoms with van der Waals surface area (Å²) in [7, 11) is -3.93. The molecule has 0 aliphatic carbocycles. The van der Waals surface area contributed by atoms with Crippen molar-refractivity contribution in [1.82, 2.24) is 0 Å². The molecular formula is C13H10Cl3NO3S. The number of primary sulfonamides is 1. The van der Waals surface area contributed by atoms with E-state index in [2.05, 4.69) is 0 Å². The first-order chi connectivity index (χ1) is 9.77. The van der Waals surface area contributed by atoms with Gasteiger partial charge in [-0.1, -0.05) is 40.9 Å². The lowest BCUT2D eigenvalue weighted by molar-refractivity contribution is 0.298. The molecule has 0 aliphatic rings. The van der Waals surface area contributed by atoms with Crippen molar-refractivity contribution in [1.29, 1.82) is 0 Å². The van der Waals surface area contributed by atoms with Crippen LogP contribution in [-0.4, -0.2) is 8.42 Å². The number of rotatable bonds is 4. The Morgan fingerprint density at radius 3 is 2.33 bits per heavy atom. The van der Waals surface area contributed by atoms with Crippen LogP contribution >= 0.6 is 34.8 Å². The lowest BCUT2D eigenvalue weighted by Crippen LogP contribution is -2.14. The van der Waals surface area contributed by atoms with Crippen molar-refractivity contribution in [2.45, 2.75) is 11.5 Å². The zero-order chi connectivity index (χ0) is 15.6. The molecule has 2 rings (SSSR count). The summed E-state index contributed by atoms with van der Waals surface area (Å²) in [6.07, 6.45) is 0. The molecule has 2 aromatic carbocycles. The van der Waals surface area contributed by atoms with E-state index < -0.39 is 10.0 Å². The van der Waals surface area contributed by atoms with E-state index in [1.54, 1.807) is 18.2 Å². The van der Waals surface area contributed by atoms with Gasteiger partial charge in [0.2, 0.25) is 10.0 Å². The summed E-state index contributed by atoms with van der Waals surface area (Å²) in [5.41, 5.74) is 0.736. The minimum atomic E-state index is -3.93. The van der Waals surface area contributed by atoms with Crippen molar-refractivity contribution >= 4 is 44.8 Å². The van der Waals surface area contributed by atoms with Gasteiger partial charge in [0.15, 0.2) is 0 Å². The first kappa shape index (κ1) is 16.4. The molecule has 0 bridgehead atoms. The Morgan fingerprint density at radius 2 is 1.71 bits per heavy atom. The van der Waals surface area contributed by atoms with Crippen molar-refractivity contribution < 1.29 is 13.2 Å². The molecule has 0 heterocycles. The van der Waals surface area contributed by atoms with Crippen LogP contribution in [0.4, 0.5) is 0 Å². The SMILES string of the molecule is NS(=O)(=O)c1cc(Cl)ccc1OCc1ccc(Cl)c(Cl)c1. The number of nitrogens with two attached hydrogens (primary N) is 1. The largest absolute Gasteiger partial charge is 0.487 e. The van der Waals surface area contributed by atoms with Crippen molar-refractivity contribution in [2.75, 3.05) is 0 Å². The van der Waals surface area contributed by atoms with Crippen LogP contribution in [0.5, 0.6) is 5.75 Å². The zero-order valence-electron chi connectivity index (χ0n) is 10.5. The van der Waals surface area contributed by atoms with Crippen LogP contribution in [0, 0.1) is 0 Å². The fourth-order valence-corrected chi connectivity index (χ4v) is 2.87. The van der Waals surface area contributed by atoms with E-state index in [0.29, 0.717) is 10.0 Å². The molecule has 0 radical (unpaired) electrons. The molecule has 0 saturated carbocycles. The average Bonchev–Trinajstić information content (AvgIpc) is 2.40. The molecular weight excluding hydrogens is 357 g/mol. The first-order valence-corrected chi connectivity index (χ1v) is 8.34. The third kappa shape index (κ3) is 4.25. The van der Waals surface area contributed by atoms with Crippen LogP contribution in [0.1, 0.15) is 5.56 Å². The number of sulfonamides is 1. The lowest BCUT2D eigenvalue weighted by Gasteiger charge is -2.11. The zero-order valence-corrected chi connectivity index (χ0v) is 13.6. The van der Waals surface area contributed by atoms with Crippen molar-refractivity contribution in [3.05, 3.63) is 57.0 Å². The van der Waals surface area contributed by atoms with Gasteiger partial charge < -0.3 is 4.74 Å². The summed E-state index contributed by atoms with van der Waals surface area (Å²) in [6, 6.07) is 9.18. The normalized spacial score (nSPS) is 11.4. The van der Waals surface area contributed by atoms with E-state index >= 15 is 0 Å². The second kappa shape index (κ2) is 6.42. The summed E-state index contributed by atoms with van der Waals surface area (Å²) in [6.45, 7) is 0.112. The van der Waals surface area contributed by atoms with E-state index in [0.717, 1.165) is 5.56 Å². The van der Waals surface area contributed by atoms with Gasteiger partial charge in [0.05, 0.1) is 10.0 Å². The summed E-state index contributed by atoms with van der Waals surface area (Å²) < 4.78 is 28.5. The molecule has 0 aliphatic heterocycles. The number of halogens is 3. The molecule has 112 valence electrons. The summed E-state index contributed by atoms with van der Waals surface area (Å²) in [5, 5.41) is 6.20. The number of benzene rings is 2. The van der Waals surface area contributed by atoms with Gasteiger partial charge in [-0.25, -0.2) is 13.6 Å². The van der Waals surface area contributed by atoms with Gasteiger partial charge in [-0.15, -0.1) is 0 Å². The molecule has 21 heavy (non-hydrogen) atoms. The fourth-order valence-electron chi connectivity index (χ4n) is 1.61. The van der Waals surface area contributed by atoms with E-state index in [4.69, 9.17) is 44.7 Å². The Hall–Kier alpha value is -0.980. The number of hydrogen-bond donors (Lipinski definition) is 1. The van der Waals surface area contributed by atoms with Gasteiger partial charge in [-0.05, 0) is 35.9 Å². The van der Waals surface area contributed by atoms with Gasteiger partial charge >= 0.3 is 0 Å². The van der Waals surface area contributed by atoms with E-state index in [9.17, 15) is 8.42 Å². The molecule has 2 N–H and O–H groups in total. The second-order valence-electron chi connectivity index (χ2n) is 4.17. The van der Waals surface area contributed by atoms with Crippen LogP contribution in [0.2, 0.25) is 15.1 Å². The van der Waals surface area contributed by atoms with Crippen LogP contribution in [0.25, 0.3) is 0 Å². The quantitative estimate of drug-likeness (QED) is 0.893. The highest BCUT2D eigenvalue weighted by molar-refractivity contribution is 7.89. The summed E-state index contributed by atoms with van der Waals surface area (Å²) in [5.74, 6) is 0.118. The minimum Gasteiger partial charge on any atom is -0.487 e. The fraction of sp³-hybridized carbons (Fsp3) is 0.0769. The van der Waals surface area contributed by atoms with Gasteiger partial charge in [0.25, 0.3) is 0 Å². The predicted molar refractivity (Wildman–Crippen MR) is 83.6 cm³/mol. The van der Waals surface area contributed by atoms with Crippen molar-refractivity contribution in [3.63, 3.8) is 0 Å². The monoisotopic (exact) mass is 365 g/mol. The average molecular weight is 367 g/mol. The lowest BCUT2D eigenvalue weighted by atomic mass is 10.2. The molecule has 0 atom stereocenters. The summed E-state index contributed by atoms with van der Waals surface area (Å²) >= 11 is 17.5. The van der Waals surface area contributed by atoms with Gasteiger partial charge in [0.1, 0.15) is 17.3 Å². The molecule has 8 heteroatoms. The topological polar surface area (TPSA) is 69.4 Å². The highest BCUT2D eigenvalue weighted by atomic mass is 35.5. The van der Waals surface area contributed by atoms with E-state index in [1.807, 2.05) is 0 Å². The molecule has 0 saturated heterocycles. The molecule has 0 amide bonds. The van der Waals surface area contributed by atoms with Crippen LogP contribution in [0.15, 0.2) is 41.3 Å². The Balaban J connectivity index is 2.26. The standard InChI is InChI=1S/C13H10Cl3NO3S/c14-9-2-4-12(13(6-9)21(17,18)19)20-7-8-1-3-10(15)11(16)5-8/h1-6H,7H2,(H2,17,18,19). The third-order valence-corrected chi connectivity index (χ3v) is 4.50. The van der Waals surface area contributed by atoms with E-state index in [1.165, 1.54) is 18.2 Å². The third-order valence-electron chi connectivity index (χ3n) is 2.59. The van der Waals surface area contributed by atoms with Crippen LogP contribution in [-0.2, 0) is 16.6 Å². The Morgan fingerprint density at radius 1 is 1.00 bits per heavy atom. The van der Waals surface area contributed by atoms with Crippen molar-refractivity contribution in [3.8, 4) is 5.75 Å². The maximum atomic E-state index is 11.5. The Bertz CT molecular complexity index is 778. The molecule has 2 aromatic rings. The second-order valence-corrected chi connectivity index (χ2v) is 6.95. The first-order valence-electron chi connectivity index (χ1n) is 5.66. The molecule has 0 aromatic heterocycles. The number of ether oxygens (including phenoxy) is 1. The Labute approximate surface area is 137 Å². The van der Waals surface area contributed by atoms with E-state index in [-0.39, 0.29) is 22.3 Å². The predicted octanol–water partition coefficient (Wildman–Crippen LogP) is 3.87.